The Morgan fingerprint density at radius 3 is 1.35 bits per heavy atom. The van der Waals surface area contributed by atoms with Crippen LogP contribution < -0.4 is 5.32 Å². The molecule has 0 radical (unpaired) electrons. The number of hydrogen-bond acceptors (Lipinski definition) is 1. The maximum Gasteiger partial charge on any atom is 0.0179 e. The lowest BCUT2D eigenvalue weighted by Gasteiger charge is -2.33. The third-order valence-corrected chi connectivity index (χ3v) is 6.23. The fraction of sp³-hybridized carbons (Fsp3) is 0.920. The first-order chi connectivity index (χ1) is 12.7. The molecule has 0 aromatic rings. The number of nitrogens with one attached hydrogen (secondary N) is 1. The monoisotopic (exact) mass is 365 g/mol. The van der Waals surface area contributed by atoms with E-state index in [2.05, 4.69) is 32.7 Å². The summed E-state index contributed by atoms with van der Waals surface area (Å²) in [5.41, 5.74) is 0.352. The predicted octanol–water partition coefficient (Wildman–Crippen LogP) is 8.58. The van der Waals surface area contributed by atoms with E-state index < -0.39 is 0 Å². The van der Waals surface area contributed by atoms with Gasteiger partial charge in [0.15, 0.2) is 0 Å². The first kappa shape index (κ1) is 25.7. The van der Waals surface area contributed by atoms with Crippen molar-refractivity contribution in [1.82, 2.24) is 5.32 Å². The molecular formula is C25H51N. The van der Waals surface area contributed by atoms with E-state index >= 15 is 0 Å². The van der Waals surface area contributed by atoms with E-state index in [1.165, 1.54) is 116 Å². The molecule has 0 heterocycles. The van der Waals surface area contributed by atoms with Gasteiger partial charge >= 0.3 is 0 Å². The van der Waals surface area contributed by atoms with Crippen LogP contribution in [-0.4, -0.2) is 12.1 Å². The lowest BCUT2D eigenvalue weighted by Crippen LogP contribution is -2.44. The van der Waals surface area contributed by atoms with Crippen molar-refractivity contribution in [2.45, 2.75) is 142 Å². The Morgan fingerprint density at radius 1 is 0.615 bits per heavy atom. The van der Waals surface area contributed by atoms with E-state index in [0.717, 1.165) is 6.54 Å². The molecule has 1 heteroatoms. The standard InChI is InChI=1S/C25H51N/c1-5-9-10-11-12-13-14-15-16-17-18-19-20-21-22-23-25(7-3,8-4)26-24-6-2/h6,26H,2,5,7-24H2,1,3-4H3. The summed E-state index contributed by atoms with van der Waals surface area (Å²) in [5, 5.41) is 3.71. The van der Waals surface area contributed by atoms with Crippen LogP contribution in [0, 0.1) is 0 Å². The molecule has 0 bridgehead atoms. The van der Waals surface area contributed by atoms with Crippen LogP contribution in [0.2, 0.25) is 0 Å². The Balaban J connectivity index is 3.38. The van der Waals surface area contributed by atoms with Crippen molar-refractivity contribution in [2.75, 3.05) is 6.54 Å². The zero-order valence-corrected chi connectivity index (χ0v) is 18.7. The van der Waals surface area contributed by atoms with E-state index in [1.807, 2.05) is 6.08 Å². The lowest BCUT2D eigenvalue weighted by molar-refractivity contribution is 0.280. The van der Waals surface area contributed by atoms with Crippen LogP contribution in [-0.2, 0) is 0 Å². The smallest absolute Gasteiger partial charge is 0.0179 e. The molecule has 1 nitrogen and oxygen atoms in total. The van der Waals surface area contributed by atoms with Gasteiger partial charge in [-0.25, -0.2) is 0 Å². The number of unbranched alkanes of at least 4 members (excludes halogenated alkanes) is 14. The van der Waals surface area contributed by atoms with Crippen molar-refractivity contribution < 1.29 is 0 Å². The minimum absolute atomic E-state index is 0.352. The summed E-state index contributed by atoms with van der Waals surface area (Å²) >= 11 is 0. The van der Waals surface area contributed by atoms with Gasteiger partial charge in [-0.3, -0.25) is 0 Å². The molecule has 0 amide bonds. The van der Waals surface area contributed by atoms with Crippen LogP contribution in [0.5, 0.6) is 0 Å². The first-order valence-corrected chi connectivity index (χ1v) is 12.1. The Morgan fingerprint density at radius 2 is 1.00 bits per heavy atom. The fourth-order valence-corrected chi connectivity index (χ4v) is 4.07. The van der Waals surface area contributed by atoms with Gasteiger partial charge in [0.2, 0.25) is 0 Å². The summed E-state index contributed by atoms with van der Waals surface area (Å²) in [7, 11) is 0. The van der Waals surface area contributed by atoms with E-state index in [0.29, 0.717) is 5.54 Å². The van der Waals surface area contributed by atoms with Gasteiger partial charge < -0.3 is 5.32 Å². The molecule has 0 saturated carbocycles. The molecule has 0 atom stereocenters. The highest BCUT2D eigenvalue weighted by Crippen LogP contribution is 2.23. The van der Waals surface area contributed by atoms with E-state index in [9.17, 15) is 0 Å². The Hall–Kier alpha value is -0.300. The van der Waals surface area contributed by atoms with E-state index in [1.54, 1.807) is 0 Å². The minimum Gasteiger partial charge on any atom is -0.308 e. The van der Waals surface area contributed by atoms with Crippen LogP contribution in [0.25, 0.3) is 0 Å². The van der Waals surface area contributed by atoms with Gasteiger partial charge in [0.25, 0.3) is 0 Å². The maximum atomic E-state index is 3.85. The van der Waals surface area contributed by atoms with Crippen LogP contribution >= 0.6 is 0 Å². The predicted molar refractivity (Wildman–Crippen MR) is 121 cm³/mol. The number of hydrogen-bond donors (Lipinski definition) is 1. The van der Waals surface area contributed by atoms with Crippen LogP contribution in [0.1, 0.15) is 136 Å². The second kappa shape index (κ2) is 19.5. The summed E-state index contributed by atoms with van der Waals surface area (Å²) in [6.07, 6.45) is 27.4. The van der Waals surface area contributed by atoms with Gasteiger partial charge in [0.05, 0.1) is 0 Å². The van der Waals surface area contributed by atoms with E-state index in [4.69, 9.17) is 0 Å². The summed E-state index contributed by atoms with van der Waals surface area (Å²) in [6, 6.07) is 0. The van der Waals surface area contributed by atoms with E-state index in [-0.39, 0.29) is 0 Å². The molecule has 1 N–H and O–H groups in total. The largest absolute Gasteiger partial charge is 0.308 e. The highest BCUT2D eigenvalue weighted by atomic mass is 15.0. The van der Waals surface area contributed by atoms with Gasteiger partial charge in [0.1, 0.15) is 0 Å². The average Bonchev–Trinajstić information content (AvgIpc) is 2.67. The summed E-state index contributed by atoms with van der Waals surface area (Å²) in [4.78, 5) is 0. The second-order valence-electron chi connectivity index (χ2n) is 8.36. The SMILES string of the molecule is C=CCNC(CC)(CC)CCCCCCCCCCCCCCCCC. The molecule has 156 valence electrons. The zero-order valence-electron chi connectivity index (χ0n) is 18.7. The molecule has 0 spiro atoms. The van der Waals surface area contributed by atoms with Gasteiger partial charge in [0, 0.05) is 12.1 Å². The first-order valence-electron chi connectivity index (χ1n) is 12.1. The van der Waals surface area contributed by atoms with Gasteiger partial charge in [-0.15, -0.1) is 6.58 Å². The highest BCUT2D eigenvalue weighted by Gasteiger charge is 2.23. The Kier molecular flexibility index (Phi) is 19.2. The average molecular weight is 366 g/mol. The molecular weight excluding hydrogens is 314 g/mol. The lowest BCUT2D eigenvalue weighted by atomic mass is 9.86. The van der Waals surface area contributed by atoms with Crippen LogP contribution in [0.15, 0.2) is 12.7 Å². The minimum atomic E-state index is 0.352. The Bertz CT molecular complexity index is 280. The topological polar surface area (TPSA) is 12.0 Å². The van der Waals surface area contributed by atoms with Crippen LogP contribution in [0.3, 0.4) is 0 Å². The van der Waals surface area contributed by atoms with Crippen molar-refractivity contribution in [2.24, 2.45) is 0 Å². The molecule has 0 aromatic heterocycles. The summed E-state index contributed by atoms with van der Waals surface area (Å²) < 4.78 is 0. The van der Waals surface area contributed by atoms with Gasteiger partial charge in [-0.1, -0.05) is 123 Å². The molecule has 0 unspecified atom stereocenters. The number of rotatable bonds is 21. The molecule has 0 aliphatic carbocycles. The molecule has 0 fully saturated rings. The van der Waals surface area contributed by atoms with Crippen LogP contribution in [0.4, 0.5) is 0 Å². The molecule has 0 aromatic carbocycles. The molecule has 0 saturated heterocycles. The quantitative estimate of drug-likeness (QED) is 0.159. The zero-order chi connectivity index (χ0) is 19.3. The molecule has 0 aliphatic rings. The normalized spacial score (nSPS) is 11.8. The van der Waals surface area contributed by atoms with Gasteiger partial charge in [-0.05, 0) is 19.3 Å². The molecule has 0 aliphatic heterocycles. The molecule has 0 rings (SSSR count). The summed E-state index contributed by atoms with van der Waals surface area (Å²) in [5.74, 6) is 0. The third kappa shape index (κ3) is 14.8. The fourth-order valence-electron chi connectivity index (χ4n) is 4.07. The molecule has 26 heavy (non-hydrogen) atoms. The summed E-state index contributed by atoms with van der Waals surface area (Å²) in [6.45, 7) is 11.7. The van der Waals surface area contributed by atoms with Crippen molar-refractivity contribution in [3.05, 3.63) is 12.7 Å². The van der Waals surface area contributed by atoms with Crippen molar-refractivity contribution in [3.63, 3.8) is 0 Å². The van der Waals surface area contributed by atoms with Gasteiger partial charge in [-0.2, -0.15) is 0 Å². The van der Waals surface area contributed by atoms with Crippen molar-refractivity contribution in [1.29, 1.82) is 0 Å². The highest BCUT2D eigenvalue weighted by molar-refractivity contribution is 4.88. The Labute approximate surface area is 166 Å². The third-order valence-electron chi connectivity index (χ3n) is 6.23. The van der Waals surface area contributed by atoms with Crippen molar-refractivity contribution >= 4 is 0 Å². The van der Waals surface area contributed by atoms with Crippen molar-refractivity contribution in [3.8, 4) is 0 Å². The maximum absolute atomic E-state index is 3.85. The second-order valence-corrected chi connectivity index (χ2v) is 8.36.